The van der Waals surface area contributed by atoms with Gasteiger partial charge in [-0.1, -0.05) is 0 Å². The molecule has 0 atom stereocenters. The zero-order valence-corrected chi connectivity index (χ0v) is 12.1. The molecule has 0 unspecified atom stereocenters. The summed E-state index contributed by atoms with van der Waals surface area (Å²) >= 11 is 4.82. The average molecular weight is 306 g/mol. The molecule has 1 N–H and O–H groups in total. The van der Waals surface area contributed by atoms with Crippen LogP contribution < -0.4 is 0 Å². The summed E-state index contributed by atoms with van der Waals surface area (Å²) in [5, 5.41) is 11.5. The molecule has 0 bridgehead atoms. The molecule has 1 heterocycles. The first kappa shape index (κ1) is 13.7. The standard InChI is InChI=1S/C11H16BrNO2S/c1-4-13(7-11(2,3)15)10(14)8-5-9(12)16-6-8/h5-6,15H,4,7H2,1-3H3. The summed E-state index contributed by atoms with van der Waals surface area (Å²) in [5.74, 6) is -0.0356. The normalized spacial score (nSPS) is 11.6. The van der Waals surface area contributed by atoms with Crippen LogP contribution in [-0.2, 0) is 0 Å². The van der Waals surface area contributed by atoms with E-state index in [0.717, 1.165) is 3.79 Å². The highest BCUT2D eigenvalue weighted by molar-refractivity contribution is 9.11. The van der Waals surface area contributed by atoms with Crippen molar-refractivity contribution in [3.8, 4) is 0 Å². The molecule has 0 aliphatic rings. The second kappa shape index (κ2) is 5.29. The zero-order chi connectivity index (χ0) is 12.3. The minimum atomic E-state index is -0.862. The number of rotatable bonds is 4. The predicted molar refractivity (Wildman–Crippen MR) is 69.9 cm³/mol. The highest BCUT2D eigenvalue weighted by Gasteiger charge is 2.22. The number of hydrogen-bond donors (Lipinski definition) is 1. The van der Waals surface area contributed by atoms with Gasteiger partial charge in [0.15, 0.2) is 0 Å². The van der Waals surface area contributed by atoms with Crippen molar-refractivity contribution in [2.75, 3.05) is 13.1 Å². The highest BCUT2D eigenvalue weighted by atomic mass is 79.9. The molecule has 90 valence electrons. The molecule has 1 rings (SSSR count). The fourth-order valence-electron chi connectivity index (χ4n) is 1.40. The van der Waals surface area contributed by atoms with Crippen LogP contribution in [0.5, 0.6) is 0 Å². The molecule has 0 radical (unpaired) electrons. The summed E-state index contributed by atoms with van der Waals surface area (Å²) in [6.07, 6.45) is 0. The lowest BCUT2D eigenvalue weighted by molar-refractivity contribution is 0.0315. The summed E-state index contributed by atoms with van der Waals surface area (Å²) in [6, 6.07) is 1.81. The van der Waals surface area contributed by atoms with Crippen LogP contribution in [-0.4, -0.2) is 34.6 Å². The number of nitrogens with zero attached hydrogens (tertiary/aromatic N) is 1. The fourth-order valence-corrected chi connectivity index (χ4v) is 2.53. The Morgan fingerprint density at radius 3 is 2.62 bits per heavy atom. The maximum atomic E-state index is 12.1. The number of hydrogen-bond acceptors (Lipinski definition) is 3. The molecule has 5 heteroatoms. The monoisotopic (exact) mass is 305 g/mol. The lowest BCUT2D eigenvalue weighted by Gasteiger charge is -2.27. The quantitative estimate of drug-likeness (QED) is 0.929. The van der Waals surface area contributed by atoms with Crippen molar-refractivity contribution in [3.05, 3.63) is 20.8 Å². The van der Waals surface area contributed by atoms with E-state index < -0.39 is 5.60 Å². The van der Waals surface area contributed by atoms with E-state index in [9.17, 15) is 9.90 Å². The van der Waals surface area contributed by atoms with Gasteiger partial charge in [-0.05, 0) is 42.8 Å². The Labute approximate surface area is 108 Å². The lowest BCUT2D eigenvalue weighted by Crippen LogP contribution is -2.42. The maximum Gasteiger partial charge on any atom is 0.254 e. The van der Waals surface area contributed by atoms with Crippen molar-refractivity contribution in [2.24, 2.45) is 0 Å². The molecule has 0 aliphatic carbocycles. The minimum absolute atomic E-state index is 0.0356. The molecule has 1 amide bonds. The van der Waals surface area contributed by atoms with Crippen molar-refractivity contribution in [1.29, 1.82) is 0 Å². The van der Waals surface area contributed by atoms with Gasteiger partial charge < -0.3 is 10.0 Å². The van der Waals surface area contributed by atoms with Gasteiger partial charge in [0.1, 0.15) is 0 Å². The molecular formula is C11H16BrNO2S. The molecule has 0 fully saturated rings. The molecule has 0 saturated carbocycles. The number of thiophene rings is 1. The van der Waals surface area contributed by atoms with Crippen molar-refractivity contribution in [3.63, 3.8) is 0 Å². The third-order valence-corrected chi connectivity index (χ3v) is 3.57. The van der Waals surface area contributed by atoms with E-state index in [-0.39, 0.29) is 5.91 Å². The van der Waals surface area contributed by atoms with Crippen LogP contribution in [0.4, 0.5) is 0 Å². The summed E-state index contributed by atoms with van der Waals surface area (Å²) in [5.41, 5.74) is -0.193. The lowest BCUT2D eigenvalue weighted by atomic mass is 10.1. The van der Waals surface area contributed by atoms with E-state index in [1.165, 1.54) is 11.3 Å². The van der Waals surface area contributed by atoms with Gasteiger partial charge in [-0.15, -0.1) is 11.3 Å². The SMILES string of the molecule is CCN(CC(C)(C)O)C(=O)c1csc(Br)c1. The van der Waals surface area contributed by atoms with E-state index >= 15 is 0 Å². The Kier molecular flexibility index (Phi) is 4.52. The van der Waals surface area contributed by atoms with Crippen LogP contribution in [0.1, 0.15) is 31.1 Å². The third-order valence-electron chi connectivity index (χ3n) is 2.06. The molecule has 0 aliphatic heterocycles. The zero-order valence-electron chi connectivity index (χ0n) is 9.66. The average Bonchev–Trinajstić information content (AvgIpc) is 2.58. The fraction of sp³-hybridized carbons (Fsp3) is 0.545. The van der Waals surface area contributed by atoms with Gasteiger partial charge in [0.2, 0.25) is 0 Å². The molecule has 1 aromatic heterocycles. The van der Waals surface area contributed by atoms with E-state index in [4.69, 9.17) is 0 Å². The molecule has 0 saturated heterocycles. The maximum absolute atomic E-state index is 12.1. The number of halogens is 1. The van der Waals surface area contributed by atoms with Crippen LogP contribution in [0.15, 0.2) is 15.2 Å². The van der Waals surface area contributed by atoms with E-state index in [1.807, 2.05) is 12.3 Å². The van der Waals surface area contributed by atoms with Crippen LogP contribution in [0.25, 0.3) is 0 Å². The van der Waals surface area contributed by atoms with E-state index in [0.29, 0.717) is 18.7 Å². The van der Waals surface area contributed by atoms with Crippen molar-refractivity contribution < 1.29 is 9.90 Å². The number of amides is 1. The van der Waals surface area contributed by atoms with Crippen LogP contribution in [0, 0.1) is 0 Å². The van der Waals surface area contributed by atoms with Crippen molar-refractivity contribution in [1.82, 2.24) is 4.90 Å². The summed E-state index contributed by atoms with van der Waals surface area (Å²) in [6.45, 7) is 6.25. The van der Waals surface area contributed by atoms with Gasteiger partial charge in [-0.3, -0.25) is 4.79 Å². The minimum Gasteiger partial charge on any atom is -0.389 e. The van der Waals surface area contributed by atoms with Gasteiger partial charge in [-0.2, -0.15) is 0 Å². The first-order valence-corrected chi connectivity index (χ1v) is 6.76. The number of carbonyl (C=O) groups excluding carboxylic acids is 1. The molecule has 0 spiro atoms. The van der Waals surface area contributed by atoms with E-state index in [1.54, 1.807) is 24.8 Å². The van der Waals surface area contributed by atoms with Crippen LogP contribution >= 0.6 is 27.3 Å². The molecule has 0 aromatic carbocycles. The Bertz CT molecular complexity index is 370. The molecular weight excluding hydrogens is 290 g/mol. The van der Waals surface area contributed by atoms with Gasteiger partial charge in [-0.25, -0.2) is 0 Å². The largest absolute Gasteiger partial charge is 0.389 e. The summed E-state index contributed by atoms with van der Waals surface area (Å²) < 4.78 is 0.940. The second-order valence-corrected chi connectivity index (χ2v) is 6.56. The number of carbonyl (C=O) groups is 1. The Morgan fingerprint density at radius 2 is 2.25 bits per heavy atom. The predicted octanol–water partition coefficient (Wildman–Crippen LogP) is 2.74. The van der Waals surface area contributed by atoms with E-state index in [2.05, 4.69) is 15.9 Å². The molecule has 16 heavy (non-hydrogen) atoms. The number of likely N-dealkylation sites (N-methyl/N-ethyl adjacent to an activating group) is 1. The highest BCUT2D eigenvalue weighted by Crippen LogP contribution is 2.22. The van der Waals surface area contributed by atoms with Gasteiger partial charge in [0.25, 0.3) is 5.91 Å². The second-order valence-electron chi connectivity index (χ2n) is 4.27. The summed E-state index contributed by atoms with van der Waals surface area (Å²) in [7, 11) is 0. The first-order valence-electron chi connectivity index (χ1n) is 5.09. The van der Waals surface area contributed by atoms with Crippen molar-refractivity contribution >= 4 is 33.2 Å². The Hall–Kier alpha value is -0.390. The number of aliphatic hydroxyl groups is 1. The first-order chi connectivity index (χ1) is 7.33. The van der Waals surface area contributed by atoms with Crippen molar-refractivity contribution in [2.45, 2.75) is 26.4 Å². The molecule has 1 aromatic rings. The summed E-state index contributed by atoms with van der Waals surface area (Å²) in [4.78, 5) is 13.7. The Balaban J connectivity index is 2.78. The Morgan fingerprint density at radius 1 is 1.62 bits per heavy atom. The smallest absolute Gasteiger partial charge is 0.254 e. The van der Waals surface area contributed by atoms with Crippen LogP contribution in [0.3, 0.4) is 0 Å². The van der Waals surface area contributed by atoms with Gasteiger partial charge >= 0.3 is 0 Å². The van der Waals surface area contributed by atoms with Crippen LogP contribution in [0.2, 0.25) is 0 Å². The van der Waals surface area contributed by atoms with Gasteiger partial charge in [0.05, 0.1) is 15.0 Å². The molecule has 3 nitrogen and oxygen atoms in total. The van der Waals surface area contributed by atoms with Gasteiger partial charge in [0, 0.05) is 18.5 Å². The topological polar surface area (TPSA) is 40.5 Å². The third kappa shape index (κ3) is 3.88.